The molecule has 0 fully saturated rings. The minimum atomic E-state index is 0.266. The molecule has 1 unspecified atom stereocenters. The average molecular weight is 236 g/mol. The van der Waals surface area contributed by atoms with Gasteiger partial charge in [0.05, 0.1) is 0 Å². The second-order valence-electron chi connectivity index (χ2n) is 4.10. The summed E-state index contributed by atoms with van der Waals surface area (Å²) in [7, 11) is 0. The fourth-order valence-corrected chi connectivity index (χ4v) is 2.14. The minimum absolute atomic E-state index is 0.266. The molecule has 0 aliphatic heterocycles. The van der Waals surface area contributed by atoms with Crippen molar-refractivity contribution in [1.82, 2.24) is 0 Å². The molecule has 0 heterocycles. The van der Waals surface area contributed by atoms with Crippen molar-refractivity contribution < 1.29 is 4.79 Å². The van der Waals surface area contributed by atoms with Crippen LogP contribution >= 0.6 is 11.8 Å². The first-order valence-electron chi connectivity index (χ1n) is 5.93. The molecule has 1 aromatic carbocycles. The maximum absolute atomic E-state index is 11.9. The van der Waals surface area contributed by atoms with E-state index in [2.05, 4.69) is 20.8 Å². The van der Waals surface area contributed by atoms with Crippen LogP contribution in [0.15, 0.2) is 29.2 Å². The number of carbonyl (C=O) groups excluding carboxylic acids is 1. The Labute approximate surface area is 103 Å². The van der Waals surface area contributed by atoms with Gasteiger partial charge in [0.2, 0.25) is 0 Å². The molecule has 0 radical (unpaired) electrons. The van der Waals surface area contributed by atoms with Crippen molar-refractivity contribution >= 4 is 17.5 Å². The molecule has 1 atom stereocenters. The Morgan fingerprint density at radius 3 is 2.38 bits per heavy atom. The number of rotatable bonds is 6. The van der Waals surface area contributed by atoms with Gasteiger partial charge in [0.1, 0.15) is 0 Å². The summed E-state index contributed by atoms with van der Waals surface area (Å²) in [5.41, 5.74) is 0.848. The fourth-order valence-electron chi connectivity index (χ4n) is 1.48. The monoisotopic (exact) mass is 236 g/mol. The van der Waals surface area contributed by atoms with Crippen molar-refractivity contribution in [2.24, 2.45) is 5.92 Å². The van der Waals surface area contributed by atoms with Crippen LogP contribution in [0, 0.1) is 5.92 Å². The minimum Gasteiger partial charge on any atom is -0.294 e. The molecule has 0 saturated heterocycles. The van der Waals surface area contributed by atoms with E-state index < -0.39 is 0 Å². The van der Waals surface area contributed by atoms with E-state index in [1.54, 1.807) is 11.8 Å². The summed E-state index contributed by atoms with van der Waals surface area (Å²) in [6.45, 7) is 6.38. The number of ketones is 1. The maximum atomic E-state index is 11.9. The van der Waals surface area contributed by atoms with Crippen molar-refractivity contribution in [1.29, 1.82) is 0 Å². The molecule has 0 amide bonds. The van der Waals surface area contributed by atoms with Gasteiger partial charge in [-0.1, -0.05) is 39.3 Å². The van der Waals surface area contributed by atoms with Crippen molar-refractivity contribution in [3.05, 3.63) is 29.8 Å². The Hall–Kier alpha value is -0.760. The standard InChI is InChI=1S/C14H20OS/c1-4-11(3)10-14(15)12-6-8-13(9-7-12)16-5-2/h6-9,11H,4-5,10H2,1-3H3. The largest absolute Gasteiger partial charge is 0.294 e. The summed E-state index contributed by atoms with van der Waals surface area (Å²) in [6.07, 6.45) is 1.73. The highest BCUT2D eigenvalue weighted by atomic mass is 32.2. The Bertz CT molecular complexity index is 329. The van der Waals surface area contributed by atoms with Gasteiger partial charge in [-0.15, -0.1) is 11.8 Å². The lowest BCUT2D eigenvalue weighted by molar-refractivity contribution is 0.0963. The molecule has 1 rings (SSSR count). The van der Waals surface area contributed by atoms with Gasteiger partial charge >= 0.3 is 0 Å². The number of hydrogen-bond donors (Lipinski definition) is 0. The third-order valence-corrected chi connectivity index (χ3v) is 3.61. The van der Waals surface area contributed by atoms with Crippen LogP contribution in [0.25, 0.3) is 0 Å². The van der Waals surface area contributed by atoms with E-state index >= 15 is 0 Å². The van der Waals surface area contributed by atoms with Crippen LogP contribution in [0.5, 0.6) is 0 Å². The molecule has 0 aliphatic carbocycles. The van der Waals surface area contributed by atoms with Crippen LogP contribution in [0.3, 0.4) is 0 Å². The molecule has 0 saturated carbocycles. The van der Waals surface area contributed by atoms with Crippen molar-refractivity contribution in [2.45, 2.75) is 38.5 Å². The molecule has 0 aromatic heterocycles. The topological polar surface area (TPSA) is 17.1 Å². The zero-order valence-electron chi connectivity index (χ0n) is 10.3. The van der Waals surface area contributed by atoms with Gasteiger partial charge < -0.3 is 0 Å². The molecule has 0 N–H and O–H groups in total. The number of Topliss-reactive ketones (excluding diaryl/α,β-unsaturated/α-hetero) is 1. The van der Waals surface area contributed by atoms with Crippen LogP contribution < -0.4 is 0 Å². The quantitative estimate of drug-likeness (QED) is 0.537. The van der Waals surface area contributed by atoms with Gasteiger partial charge in [-0.2, -0.15) is 0 Å². The smallest absolute Gasteiger partial charge is 0.163 e. The molecule has 2 heteroatoms. The summed E-state index contributed by atoms with van der Waals surface area (Å²) in [5.74, 6) is 1.82. The van der Waals surface area contributed by atoms with E-state index in [-0.39, 0.29) is 5.78 Å². The van der Waals surface area contributed by atoms with Crippen LogP contribution in [-0.4, -0.2) is 11.5 Å². The molecule has 1 aromatic rings. The van der Waals surface area contributed by atoms with Gasteiger partial charge in [0.25, 0.3) is 0 Å². The second kappa shape index (κ2) is 6.74. The molecular weight excluding hydrogens is 216 g/mol. The molecule has 0 spiro atoms. The second-order valence-corrected chi connectivity index (χ2v) is 5.44. The van der Waals surface area contributed by atoms with Gasteiger partial charge in [0, 0.05) is 16.9 Å². The molecule has 16 heavy (non-hydrogen) atoms. The number of carbonyl (C=O) groups is 1. The third kappa shape index (κ3) is 4.01. The van der Waals surface area contributed by atoms with E-state index in [4.69, 9.17) is 0 Å². The van der Waals surface area contributed by atoms with Crippen LogP contribution in [-0.2, 0) is 0 Å². The molecule has 1 nitrogen and oxygen atoms in total. The first-order valence-corrected chi connectivity index (χ1v) is 6.92. The predicted molar refractivity (Wildman–Crippen MR) is 71.2 cm³/mol. The zero-order valence-corrected chi connectivity index (χ0v) is 11.1. The average Bonchev–Trinajstić information content (AvgIpc) is 2.30. The highest BCUT2D eigenvalue weighted by molar-refractivity contribution is 7.99. The summed E-state index contributed by atoms with van der Waals surface area (Å²) in [4.78, 5) is 13.1. The first kappa shape index (κ1) is 13.3. The first-order chi connectivity index (χ1) is 7.67. The van der Waals surface area contributed by atoms with Crippen LogP contribution in [0.1, 0.15) is 44.0 Å². The van der Waals surface area contributed by atoms with Gasteiger partial charge in [-0.25, -0.2) is 0 Å². The van der Waals surface area contributed by atoms with Crippen molar-refractivity contribution in [3.63, 3.8) is 0 Å². The van der Waals surface area contributed by atoms with Crippen molar-refractivity contribution in [3.8, 4) is 0 Å². The Balaban J connectivity index is 2.63. The van der Waals surface area contributed by atoms with E-state index in [1.807, 2.05) is 24.3 Å². The van der Waals surface area contributed by atoms with Crippen LogP contribution in [0.4, 0.5) is 0 Å². The number of thioether (sulfide) groups is 1. The molecule has 88 valence electrons. The Kier molecular flexibility index (Phi) is 5.61. The van der Waals surface area contributed by atoms with Crippen molar-refractivity contribution in [2.75, 3.05) is 5.75 Å². The number of hydrogen-bond acceptors (Lipinski definition) is 2. The van der Waals surface area contributed by atoms with Gasteiger partial charge in [-0.3, -0.25) is 4.79 Å². The van der Waals surface area contributed by atoms with Gasteiger partial charge in [0.15, 0.2) is 5.78 Å². The van der Waals surface area contributed by atoms with E-state index in [0.29, 0.717) is 12.3 Å². The molecule has 0 aliphatic rings. The maximum Gasteiger partial charge on any atom is 0.163 e. The summed E-state index contributed by atoms with van der Waals surface area (Å²) in [6, 6.07) is 7.97. The Morgan fingerprint density at radius 1 is 1.25 bits per heavy atom. The normalized spacial score (nSPS) is 12.4. The van der Waals surface area contributed by atoms with E-state index in [1.165, 1.54) is 4.90 Å². The zero-order chi connectivity index (χ0) is 12.0. The predicted octanol–water partition coefficient (Wildman–Crippen LogP) is 4.42. The highest BCUT2D eigenvalue weighted by Crippen LogP contribution is 2.19. The summed E-state index contributed by atoms with van der Waals surface area (Å²) < 4.78 is 0. The molecular formula is C14H20OS. The lowest BCUT2D eigenvalue weighted by atomic mass is 9.98. The number of benzene rings is 1. The van der Waals surface area contributed by atoms with Gasteiger partial charge in [-0.05, 0) is 23.8 Å². The third-order valence-electron chi connectivity index (χ3n) is 2.72. The van der Waals surface area contributed by atoms with Crippen LogP contribution in [0.2, 0.25) is 0 Å². The highest BCUT2D eigenvalue weighted by Gasteiger charge is 2.09. The SMILES string of the molecule is CCSc1ccc(C(=O)CC(C)CC)cc1. The lowest BCUT2D eigenvalue weighted by Gasteiger charge is -2.07. The molecule has 0 bridgehead atoms. The van der Waals surface area contributed by atoms with E-state index in [0.717, 1.165) is 17.7 Å². The lowest BCUT2D eigenvalue weighted by Crippen LogP contribution is -2.05. The van der Waals surface area contributed by atoms with E-state index in [9.17, 15) is 4.79 Å². The fraction of sp³-hybridized carbons (Fsp3) is 0.500. The summed E-state index contributed by atoms with van der Waals surface area (Å²) in [5, 5.41) is 0. The summed E-state index contributed by atoms with van der Waals surface area (Å²) >= 11 is 1.80. The Morgan fingerprint density at radius 2 is 1.88 bits per heavy atom.